The lowest BCUT2D eigenvalue weighted by molar-refractivity contribution is -0.121. The topological polar surface area (TPSA) is 531 Å². The maximum Gasteiger partial charge on any atom is 0.291 e. The molecule has 47 heteroatoms. The summed E-state index contributed by atoms with van der Waals surface area (Å²) in [5.41, 5.74) is 5.89. The van der Waals surface area contributed by atoms with E-state index in [1.807, 2.05) is 7.05 Å². The van der Waals surface area contributed by atoms with Crippen molar-refractivity contribution in [3.05, 3.63) is 192 Å². The van der Waals surface area contributed by atoms with Crippen LogP contribution < -0.4 is 84.7 Å². The first-order chi connectivity index (χ1) is 65.3. The van der Waals surface area contributed by atoms with Crippen molar-refractivity contribution in [2.75, 3.05) is 136 Å². The van der Waals surface area contributed by atoms with Crippen LogP contribution in [0.15, 0.2) is 129 Å². The maximum atomic E-state index is 13.6. The van der Waals surface area contributed by atoms with Gasteiger partial charge in [-0.25, -0.2) is 15.0 Å². The van der Waals surface area contributed by atoms with Gasteiger partial charge in [0.1, 0.15) is 39.9 Å². The molecule has 11 aromatic rings. The van der Waals surface area contributed by atoms with Crippen molar-refractivity contribution in [3.63, 3.8) is 0 Å². The van der Waals surface area contributed by atoms with Gasteiger partial charge in [-0.05, 0) is 112 Å². The zero-order valence-corrected chi connectivity index (χ0v) is 79.4. The van der Waals surface area contributed by atoms with Gasteiger partial charge in [0.25, 0.3) is 59.1 Å². The number of carbonyl (C=O) groups is 15. The van der Waals surface area contributed by atoms with E-state index in [0.717, 1.165) is 56.7 Å². The lowest BCUT2D eigenvalue weighted by atomic mass is 10.1. The Morgan fingerprint density at radius 2 is 0.569 bits per heavy atom. The van der Waals surface area contributed by atoms with Crippen LogP contribution in [0.25, 0.3) is 0 Å². The second kappa shape index (κ2) is 47.2. The van der Waals surface area contributed by atoms with Gasteiger partial charge in [-0.3, -0.25) is 71.9 Å². The predicted molar refractivity (Wildman–Crippen MR) is 516 cm³/mol. The third-order valence-corrected chi connectivity index (χ3v) is 22.0. The monoisotopic (exact) mass is 1920 g/mol. The SMILES string of the molecule is CC(=O)Nc1cc(C(=O)Nc2cc(C(=O)Nc3cc(C(=O)NCCC(=O)Nc4cn(C)c(C(=O)Nc5cc(C(=O)NCCCC(=O)Nc6cn(C)c(C(=O)Nc7cc(C(=O)NCCC(=O)Nc8cn(C)c(C(=O)Nc9cc(C(=O)Nc%10cc(C(=O)NCCCN(C)CCCNC(=O)CCCc%11ccc(N(CCCl)CCCl)cc%11)n(C)c%10)n(C)c9)n8)n(C)c7)n6)n(C)c5)n4)n(C)c3)n(C)c2)n(C)c1. The average molecular weight is 1920 g/mol. The van der Waals surface area contributed by atoms with E-state index in [2.05, 4.69) is 129 Å². The largest absolute Gasteiger partial charge is 0.369 e. The number of anilines is 11. The van der Waals surface area contributed by atoms with Crippen LogP contribution in [-0.4, -0.2) is 232 Å². The Morgan fingerprint density at radius 3 is 0.891 bits per heavy atom. The summed E-state index contributed by atoms with van der Waals surface area (Å²) < 4.78 is 14.8. The molecular formula is C90H112Cl2N30O15. The summed E-state index contributed by atoms with van der Waals surface area (Å²) >= 11 is 11.9. The predicted octanol–water partition coefficient (Wildman–Crippen LogP) is 6.26. The van der Waals surface area contributed by atoms with Crippen molar-refractivity contribution in [1.29, 1.82) is 0 Å². The quantitative estimate of drug-likeness (QED) is 0.0148. The standard InChI is InChI=1S/C90H112Cl2N30O15/c1-54(123)98-56-37-68(116(7)44-56)85(132)101-59-42-69(117(8)47-59)86(133)100-58-39-66(113(4)46-58)83(130)96-31-24-76(126)106-72-52-120(11)79(109-72)89(136)102-60-40-65(114(5)48-60)81(128)94-28-14-19-75(125)105-71-51-119(10)78(108-71)88(135)103-61-41-67(115(6)49-61)84(131)97-32-25-77(127)107-73-53-121(12)80(110-73)90(137)104-62-43-70(118(9)50-62)87(134)99-57-38-64(112(3)45-57)82(129)95-30-16-34-111(2)33-15-29-93-74(124)18-13-17-55-20-22-63(23-21-55)122(35-26-91)36-27-92/h20-23,37-53H,13-19,24-36H2,1-12H3,(H,93,124)(H,94,128)(H,95,129)(H,96,130)(H,97,131)(H,98,123)(H,99,134)(H,100,133)(H,101,132)(H,102,136)(H,103,135)(H,104,137)(H,105,125)(H,106,126)(H,107,127). The van der Waals surface area contributed by atoms with E-state index in [1.165, 1.54) is 123 Å². The highest BCUT2D eigenvalue weighted by Crippen LogP contribution is 2.26. The summed E-state index contributed by atoms with van der Waals surface area (Å²) in [4.78, 5) is 214. The lowest BCUT2D eigenvalue weighted by Crippen LogP contribution is -2.31. The number of alkyl halides is 2. The number of imidazole rings is 3. The number of aryl methyl sites for hydroxylation is 11. The van der Waals surface area contributed by atoms with Crippen molar-refractivity contribution in [3.8, 4) is 0 Å². The number of carbonyl (C=O) groups excluding carboxylic acids is 15. The number of rotatable bonds is 47. The second-order valence-corrected chi connectivity index (χ2v) is 33.4. The fourth-order valence-electron chi connectivity index (χ4n) is 14.8. The van der Waals surface area contributed by atoms with Crippen molar-refractivity contribution in [1.82, 2.24) is 92.1 Å². The highest BCUT2D eigenvalue weighted by atomic mass is 35.5. The second-order valence-electron chi connectivity index (χ2n) is 32.7. The number of benzene rings is 1. The van der Waals surface area contributed by atoms with Gasteiger partial charge in [0, 0.05) is 228 Å². The summed E-state index contributed by atoms with van der Waals surface area (Å²) in [7, 11) is 18.0. The van der Waals surface area contributed by atoms with Crippen LogP contribution in [0.5, 0.6) is 0 Å². The van der Waals surface area contributed by atoms with Crippen molar-refractivity contribution >= 4 is 175 Å². The number of hydrogen-bond acceptors (Lipinski definition) is 20. The van der Waals surface area contributed by atoms with Crippen molar-refractivity contribution < 1.29 is 71.9 Å². The Morgan fingerprint density at radius 1 is 0.292 bits per heavy atom. The minimum atomic E-state index is -0.669. The van der Waals surface area contributed by atoms with Crippen LogP contribution in [0.3, 0.4) is 0 Å². The Balaban J connectivity index is 0.530. The molecule has 10 heterocycles. The fraction of sp³-hybridized carbons (Fsp3) is 0.356. The molecule has 0 bridgehead atoms. The molecule has 1 aromatic carbocycles. The normalized spacial score (nSPS) is 11.1. The summed E-state index contributed by atoms with van der Waals surface area (Å²) in [6.07, 6.45) is 18.3. The molecule has 0 saturated carbocycles. The van der Waals surface area contributed by atoms with Crippen LogP contribution >= 0.6 is 23.2 Å². The third-order valence-electron chi connectivity index (χ3n) is 21.6. The zero-order chi connectivity index (χ0) is 99.0. The molecule has 726 valence electrons. The zero-order valence-electron chi connectivity index (χ0n) is 77.9. The van der Waals surface area contributed by atoms with E-state index in [-0.39, 0.29) is 149 Å². The summed E-state index contributed by atoms with van der Waals surface area (Å²) in [5.74, 6) is -6.27. The number of amides is 15. The summed E-state index contributed by atoms with van der Waals surface area (Å²) in [6.45, 7) is 5.13. The molecule has 0 aliphatic heterocycles. The number of hydrogen-bond donors (Lipinski definition) is 15. The lowest BCUT2D eigenvalue weighted by Gasteiger charge is -2.23. The van der Waals surface area contributed by atoms with Crippen molar-refractivity contribution in [2.24, 2.45) is 70.5 Å². The van der Waals surface area contributed by atoms with Crippen LogP contribution in [0, 0.1) is 0 Å². The van der Waals surface area contributed by atoms with E-state index in [9.17, 15) is 71.9 Å². The minimum Gasteiger partial charge on any atom is -0.369 e. The van der Waals surface area contributed by atoms with E-state index >= 15 is 0 Å². The van der Waals surface area contributed by atoms with Gasteiger partial charge in [-0.2, -0.15) is 0 Å². The molecule has 10 aromatic heterocycles. The van der Waals surface area contributed by atoms with Crippen molar-refractivity contribution in [2.45, 2.75) is 64.7 Å². The fourth-order valence-corrected chi connectivity index (χ4v) is 15.2. The van der Waals surface area contributed by atoms with Gasteiger partial charge >= 0.3 is 0 Å². The maximum absolute atomic E-state index is 13.6. The number of halogens is 2. The minimum absolute atomic E-state index is 0.0217. The van der Waals surface area contributed by atoms with Crippen LogP contribution in [0.4, 0.5) is 63.0 Å². The molecule has 45 nitrogen and oxygen atoms in total. The van der Waals surface area contributed by atoms with Gasteiger partial charge in [0.15, 0.2) is 17.5 Å². The van der Waals surface area contributed by atoms with E-state index < -0.39 is 70.9 Å². The Hall–Kier alpha value is -15.8. The first-order valence-corrected chi connectivity index (χ1v) is 44.8. The molecule has 0 unspecified atom stereocenters. The molecule has 15 N–H and O–H groups in total. The summed E-state index contributed by atoms with van der Waals surface area (Å²) in [6, 6.07) is 18.6. The smallest absolute Gasteiger partial charge is 0.291 e. The van der Waals surface area contributed by atoms with Gasteiger partial charge in [-0.15, -0.1) is 23.2 Å². The molecule has 137 heavy (non-hydrogen) atoms. The van der Waals surface area contributed by atoms with E-state index in [4.69, 9.17) is 23.2 Å². The number of nitrogens with one attached hydrogen (secondary N) is 15. The van der Waals surface area contributed by atoms with E-state index in [0.29, 0.717) is 66.1 Å². The van der Waals surface area contributed by atoms with Crippen LogP contribution in [0.2, 0.25) is 0 Å². The molecule has 0 fully saturated rings. The van der Waals surface area contributed by atoms with Gasteiger partial charge in [0.2, 0.25) is 47.0 Å². The van der Waals surface area contributed by atoms with Crippen LogP contribution in [0.1, 0.15) is 169 Å². The number of aromatic nitrogens is 13. The van der Waals surface area contributed by atoms with Gasteiger partial charge in [0.05, 0.1) is 39.8 Å². The molecule has 0 aliphatic rings. The van der Waals surface area contributed by atoms with Gasteiger partial charge < -0.3 is 135 Å². The molecule has 0 atom stereocenters. The average Bonchev–Trinajstić information content (AvgIpc) is 1.71. The first kappa shape index (κ1) is 102. The Labute approximate surface area is 797 Å². The molecular weight excluding hydrogens is 1810 g/mol. The molecule has 11 rings (SSSR count). The molecule has 0 aliphatic carbocycles. The first-order valence-electron chi connectivity index (χ1n) is 43.7. The third kappa shape index (κ3) is 28.4. The molecule has 0 spiro atoms. The Kier molecular flexibility index (Phi) is 35.1. The molecule has 0 radical (unpaired) electrons. The molecule has 0 saturated heterocycles. The number of nitrogens with zero attached hydrogens (tertiary/aromatic N) is 15. The van der Waals surface area contributed by atoms with Gasteiger partial charge in [-0.1, -0.05) is 12.1 Å². The molecule has 15 amide bonds. The highest BCUT2D eigenvalue weighted by Gasteiger charge is 2.27. The highest BCUT2D eigenvalue weighted by molar-refractivity contribution is 6.19. The van der Waals surface area contributed by atoms with E-state index in [1.54, 1.807) is 104 Å². The summed E-state index contributed by atoms with van der Waals surface area (Å²) in [5, 5.41) is 41.0. The van der Waals surface area contributed by atoms with Crippen LogP contribution in [-0.2, 0) is 101 Å². The Bertz CT molecular complexity index is 6320.